The molecule has 2 nitrogen and oxygen atoms in total. The number of hydrogen-bond acceptors (Lipinski definition) is 1. The summed E-state index contributed by atoms with van der Waals surface area (Å²) in [5.74, 6) is 0.509. The highest BCUT2D eigenvalue weighted by atomic mass is 32.1. The monoisotopic (exact) mass is 236 g/mol. The van der Waals surface area contributed by atoms with Gasteiger partial charge in [0.2, 0.25) is 0 Å². The van der Waals surface area contributed by atoms with E-state index in [1.54, 1.807) is 0 Å². The van der Waals surface area contributed by atoms with Crippen LogP contribution >= 0.6 is 12.2 Å². The quantitative estimate of drug-likeness (QED) is 0.786. The van der Waals surface area contributed by atoms with Crippen LogP contribution in [0.5, 0.6) is 0 Å². The first-order valence-corrected chi connectivity index (χ1v) is 6.01. The number of fused-ring (bicyclic) bond motifs is 1. The zero-order valence-corrected chi connectivity index (χ0v) is 9.85. The molecule has 2 unspecified atom stereocenters. The third-order valence-corrected chi connectivity index (χ3v) is 3.72. The number of H-pyrrole nitrogens is 1. The molecular weight excluding hydrogens is 223 g/mol. The Morgan fingerprint density at radius 1 is 1.56 bits per heavy atom. The first kappa shape index (κ1) is 10.0. The number of imidazole rings is 1. The van der Waals surface area contributed by atoms with Gasteiger partial charge < -0.3 is 9.55 Å². The minimum absolute atomic E-state index is 0.223. The average Bonchev–Trinajstić information content (AvgIpc) is 2.94. The Bertz CT molecular complexity index is 599. The summed E-state index contributed by atoms with van der Waals surface area (Å²) in [4.78, 5) is 3.07. The first-order valence-electron chi connectivity index (χ1n) is 5.60. The van der Waals surface area contributed by atoms with Crippen LogP contribution in [-0.4, -0.2) is 9.55 Å². The summed E-state index contributed by atoms with van der Waals surface area (Å²) < 4.78 is 15.9. The van der Waals surface area contributed by atoms with Crippen LogP contribution in [0, 0.1) is 16.5 Å². The Morgan fingerprint density at radius 3 is 3.06 bits per heavy atom. The van der Waals surface area contributed by atoms with Crippen LogP contribution in [0.15, 0.2) is 18.2 Å². The molecule has 1 N–H and O–H groups in total. The molecule has 84 valence electrons. The van der Waals surface area contributed by atoms with Gasteiger partial charge in [0.1, 0.15) is 5.82 Å². The molecule has 4 heteroatoms. The fourth-order valence-corrected chi connectivity index (χ4v) is 2.76. The Kier molecular flexibility index (Phi) is 2.14. The van der Waals surface area contributed by atoms with Gasteiger partial charge in [0, 0.05) is 6.04 Å². The molecule has 16 heavy (non-hydrogen) atoms. The van der Waals surface area contributed by atoms with E-state index in [2.05, 4.69) is 16.5 Å². The van der Waals surface area contributed by atoms with Gasteiger partial charge in [0.05, 0.1) is 11.0 Å². The predicted molar refractivity (Wildman–Crippen MR) is 64.5 cm³/mol. The normalized spacial score (nSPS) is 23.9. The van der Waals surface area contributed by atoms with Crippen LogP contribution in [0.2, 0.25) is 0 Å². The largest absolute Gasteiger partial charge is 0.330 e. The fourth-order valence-electron chi connectivity index (χ4n) is 2.42. The Hall–Kier alpha value is -1.16. The van der Waals surface area contributed by atoms with Gasteiger partial charge in [0.25, 0.3) is 0 Å². The van der Waals surface area contributed by atoms with E-state index in [1.165, 1.54) is 25.0 Å². The molecule has 1 aliphatic rings. The standard InChI is InChI=1S/C12H13FN2S/c1-2-7-5-11(7)15-10-4-3-8(13)6-9(10)14-12(15)16/h3-4,6-7,11H,2,5H2,1H3,(H,14,16). The van der Waals surface area contributed by atoms with E-state index in [-0.39, 0.29) is 5.82 Å². The third-order valence-electron chi connectivity index (χ3n) is 3.42. The molecule has 0 amide bonds. The maximum Gasteiger partial charge on any atom is 0.178 e. The van der Waals surface area contributed by atoms with Gasteiger partial charge in [-0.1, -0.05) is 13.3 Å². The molecule has 0 radical (unpaired) electrons. The van der Waals surface area contributed by atoms with E-state index in [0.717, 1.165) is 17.0 Å². The minimum Gasteiger partial charge on any atom is -0.330 e. The van der Waals surface area contributed by atoms with E-state index in [1.807, 2.05) is 6.07 Å². The molecule has 0 spiro atoms. The number of aromatic amines is 1. The number of aromatic nitrogens is 2. The summed E-state index contributed by atoms with van der Waals surface area (Å²) in [5, 5.41) is 0. The molecule has 1 heterocycles. The van der Waals surface area contributed by atoms with Crippen LogP contribution in [0.1, 0.15) is 25.8 Å². The minimum atomic E-state index is -0.223. The summed E-state index contributed by atoms with van der Waals surface area (Å²) in [6, 6.07) is 5.31. The van der Waals surface area contributed by atoms with Crippen molar-refractivity contribution in [3.63, 3.8) is 0 Å². The maximum atomic E-state index is 13.1. The second kappa shape index (κ2) is 3.42. The van der Waals surface area contributed by atoms with E-state index >= 15 is 0 Å². The van der Waals surface area contributed by atoms with Gasteiger partial charge in [-0.05, 0) is 42.8 Å². The highest BCUT2D eigenvalue weighted by Gasteiger charge is 2.38. The Morgan fingerprint density at radius 2 is 2.38 bits per heavy atom. The van der Waals surface area contributed by atoms with Crippen LogP contribution in [0.25, 0.3) is 11.0 Å². The van der Waals surface area contributed by atoms with E-state index in [4.69, 9.17) is 12.2 Å². The van der Waals surface area contributed by atoms with Gasteiger partial charge in [0.15, 0.2) is 4.77 Å². The van der Waals surface area contributed by atoms with E-state index < -0.39 is 0 Å². The molecule has 1 fully saturated rings. The SMILES string of the molecule is CCC1CC1n1c(=S)[nH]c2cc(F)ccc21. The molecule has 0 bridgehead atoms. The molecule has 1 aliphatic carbocycles. The van der Waals surface area contributed by atoms with E-state index in [9.17, 15) is 4.39 Å². The van der Waals surface area contributed by atoms with Crippen LogP contribution in [-0.2, 0) is 0 Å². The lowest BCUT2D eigenvalue weighted by Crippen LogP contribution is -1.95. The van der Waals surface area contributed by atoms with Crippen LogP contribution in [0.3, 0.4) is 0 Å². The Balaban J connectivity index is 2.17. The lowest BCUT2D eigenvalue weighted by molar-refractivity contribution is 0.628. The molecule has 1 aromatic heterocycles. The highest BCUT2D eigenvalue weighted by Crippen LogP contribution is 2.46. The van der Waals surface area contributed by atoms with Crippen molar-refractivity contribution < 1.29 is 4.39 Å². The molecule has 2 aromatic rings. The number of nitrogens with zero attached hydrogens (tertiary/aromatic N) is 1. The van der Waals surface area contributed by atoms with Gasteiger partial charge in [-0.25, -0.2) is 4.39 Å². The van der Waals surface area contributed by atoms with Crippen molar-refractivity contribution in [1.29, 1.82) is 0 Å². The van der Waals surface area contributed by atoms with Crippen molar-refractivity contribution in [3.8, 4) is 0 Å². The van der Waals surface area contributed by atoms with Crippen LogP contribution in [0.4, 0.5) is 4.39 Å². The number of rotatable bonds is 2. The predicted octanol–water partition coefficient (Wildman–Crippen LogP) is 3.81. The summed E-state index contributed by atoms with van der Waals surface area (Å²) >= 11 is 5.30. The number of benzene rings is 1. The number of nitrogens with one attached hydrogen (secondary N) is 1. The van der Waals surface area contributed by atoms with Crippen molar-refractivity contribution in [2.75, 3.05) is 0 Å². The lowest BCUT2D eigenvalue weighted by Gasteiger charge is -2.02. The topological polar surface area (TPSA) is 20.7 Å². The molecule has 0 aliphatic heterocycles. The summed E-state index contributed by atoms with van der Waals surface area (Å²) in [6.45, 7) is 2.20. The van der Waals surface area contributed by atoms with Gasteiger partial charge in [-0.2, -0.15) is 0 Å². The fraction of sp³-hybridized carbons (Fsp3) is 0.417. The number of hydrogen-bond donors (Lipinski definition) is 1. The van der Waals surface area contributed by atoms with Crippen molar-refractivity contribution in [2.24, 2.45) is 5.92 Å². The highest BCUT2D eigenvalue weighted by molar-refractivity contribution is 7.71. The third kappa shape index (κ3) is 1.40. The molecular formula is C12H13FN2S. The van der Waals surface area contributed by atoms with Crippen molar-refractivity contribution >= 4 is 23.3 Å². The van der Waals surface area contributed by atoms with Gasteiger partial charge in [-0.15, -0.1) is 0 Å². The second-order valence-corrected chi connectivity index (χ2v) is 4.82. The molecule has 3 rings (SSSR count). The smallest absolute Gasteiger partial charge is 0.178 e. The zero-order chi connectivity index (χ0) is 11.3. The van der Waals surface area contributed by atoms with Crippen LogP contribution < -0.4 is 0 Å². The Labute approximate surface area is 98.1 Å². The van der Waals surface area contributed by atoms with Gasteiger partial charge in [-0.3, -0.25) is 0 Å². The summed E-state index contributed by atoms with van der Waals surface area (Å²) in [5.41, 5.74) is 1.82. The van der Waals surface area contributed by atoms with Crippen molar-refractivity contribution in [2.45, 2.75) is 25.8 Å². The van der Waals surface area contributed by atoms with Crippen molar-refractivity contribution in [3.05, 3.63) is 28.8 Å². The zero-order valence-electron chi connectivity index (χ0n) is 9.03. The first-order chi connectivity index (χ1) is 7.70. The molecule has 1 aromatic carbocycles. The molecule has 2 atom stereocenters. The van der Waals surface area contributed by atoms with Gasteiger partial charge >= 0.3 is 0 Å². The summed E-state index contributed by atoms with van der Waals surface area (Å²) in [6.07, 6.45) is 2.37. The van der Waals surface area contributed by atoms with E-state index in [0.29, 0.717) is 10.8 Å². The molecule has 0 saturated heterocycles. The average molecular weight is 236 g/mol. The number of halogens is 1. The summed E-state index contributed by atoms with van der Waals surface area (Å²) in [7, 11) is 0. The lowest BCUT2D eigenvalue weighted by atomic mass is 10.3. The molecule has 1 saturated carbocycles. The van der Waals surface area contributed by atoms with Crippen molar-refractivity contribution in [1.82, 2.24) is 9.55 Å². The maximum absolute atomic E-state index is 13.1. The second-order valence-electron chi connectivity index (χ2n) is 4.43.